The quantitative estimate of drug-likeness (QED) is 0.280. The van der Waals surface area contributed by atoms with E-state index in [-0.39, 0.29) is 22.1 Å². The third-order valence-corrected chi connectivity index (χ3v) is 6.19. The lowest BCUT2D eigenvalue weighted by atomic mass is 10.0. The summed E-state index contributed by atoms with van der Waals surface area (Å²) < 4.78 is 18.7. The van der Waals surface area contributed by atoms with Crippen molar-refractivity contribution in [2.24, 2.45) is 0 Å². The van der Waals surface area contributed by atoms with E-state index in [0.29, 0.717) is 23.0 Å². The van der Waals surface area contributed by atoms with E-state index in [4.69, 9.17) is 4.42 Å². The lowest BCUT2D eigenvalue weighted by Crippen LogP contribution is -2.36. The summed E-state index contributed by atoms with van der Waals surface area (Å²) in [5, 5.41) is 13.3. The fourth-order valence-electron chi connectivity index (χ4n) is 3.37. The molecule has 0 saturated carbocycles. The third-order valence-electron chi connectivity index (χ3n) is 5.28. The normalized spacial score (nSPS) is 14.6. The summed E-state index contributed by atoms with van der Waals surface area (Å²) in [5.41, 5.74) is 2.13. The average Bonchev–Trinajstić information content (AvgIpc) is 3.37. The highest BCUT2D eigenvalue weighted by atomic mass is 32.2. The third kappa shape index (κ3) is 5.14. The zero-order chi connectivity index (χ0) is 25.3. The Balaban J connectivity index is 1.51. The number of benzene rings is 2. The summed E-state index contributed by atoms with van der Waals surface area (Å²) in [6.45, 7) is 3.09. The molecule has 1 aromatic heterocycles. The Bertz CT molecular complexity index is 1400. The van der Waals surface area contributed by atoms with Gasteiger partial charge >= 0.3 is 0 Å². The Hall–Kier alpha value is -4.25. The Kier molecular flexibility index (Phi) is 6.52. The fraction of sp³-hybridized carbons (Fsp3) is 0.125. The van der Waals surface area contributed by atoms with Gasteiger partial charge in [0.05, 0.1) is 15.4 Å². The summed E-state index contributed by atoms with van der Waals surface area (Å²) in [7, 11) is 0. The predicted molar refractivity (Wildman–Crippen MR) is 128 cm³/mol. The molecule has 1 saturated heterocycles. The van der Waals surface area contributed by atoms with E-state index in [2.05, 4.69) is 5.32 Å². The number of nitrogens with zero attached hydrogens (tertiary/aromatic N) is 2. The number of thioether (sulfide) groups is 1. The number of nitro benzene ring substituents is 1. The smallest absolute Gasteiger partial charge is 0.294 e. The number of nitrogens with one attached hydrogen (secondary N) is 1. The maximum atomic E-state index is 13.0. The Morgan fingerprint density at radius 3 is 2.51 bits per heavy atom. The second-order valence-electron chi connectivity index (χ2n) is 7.74. The highest BCUT2D eigenvalue weighted by Crippen LogP contribution is 2.36. The van der Waals surface area contributed by atoms with Crippen LogP contribution in [0.4, 0.5) is 20.6 Å². The van der Waals surface area contributed by atoms with E-state index in [1.54, 1.807) is 19.1 Å². The molecular weight excluding hydrogens is 477 g/mol. The van der Waals surface area contributed by atoms with Crippen LogP contribution in [0.5, 0.6) is 0 Å². The summed E-state index contributed by atoms with van der Waals surface area (Å²) in [5.74, 6) is -1.31. The van der Waals surface area contributed by atoms with Crippen LogP contribution in [0.25, 0.3) is 17.4 Å². The van der Waals surface area contributed by atoms with Gasteiger partial charge in [-0.25, -0.2) is 4.39 Å². The molecule has 2 heterocycles. The first-order valence-corrected chi connectivity index (χ1v) is 11.1. The lowest BCUT2D eigenvalue weighted by molar-refractivity contribution is -0.384. The van der Waals surface area contributed by atoms with Crippen molar-refractivity contribution in [1.29, 1.82) is 0 Å². The van der Waals surface area contributed by atoms with Gasteiger partial charge in [-0.05, 0) is 79.2 Å². The number of halogens is 1. The van der Waals surface area contributed by atoms with Crippen molar-refractivity contribution in [3.63, 3.8) is 0 Å². The first-order chi connectivity index (χ1) is 16.6. The van der Waals surface area contributed by atoms with E-state index in [1.165, 1.54) is 42.5 Å². The second kappa shape index (κ2) is 9.55. The number of rotatable bonds is 6. The number of carbonyl (C=O) groups is 3. The van der Waals surface area contributed by atoms with Crippen LogP contribution < -0.4 is 5.32 Å². The van der Waals surface area contributed by atoms with Gasteiger partial charge in [0.25, 0.3) is 16.8 Å². The molecule has 1 aliphatic heterocycles. The predicted octanol–water partition coefficient (Wildman–Crippen LogP) is 5.29. The van der Waals surface area contributed by atoms with Crippen LogP contribution in [0.3, 0.4) is 0 Å². The van der Waals surface area contributed by atoms with Crippen LogP contribution in [0.2, 0.25) is 0 Å². The first-order valence-electron chi connectivity index (χ1n) is 10.3. The van der Waals surface area contributed by atoms with E-state index >= 15 is 0 Å². The molecular formula is C24H18FN3O6S. The van der Waals surface area contributed by atoms with E-state index < -0.39 is 34.3 Å². The number of anilines is 1. The minimum atomic E-state index is -0.677. The van der Waals surface area contributed by atoms with Crippen molar-refractivity contribution in [3.05, 3.63) is 86.3 Å². The van der Waals surface area contributed by atoms with Crippen molar-refractivity contribution in [2.45, 2.75) is 13.8 Å². The minimum absolute atomic E-state index is 0.0417. The molecule has 0 aliphatic carbocycles. The molecule has 0 radical (unpaired) electrons. The largest absolute Gasteiger partial charge is 0.456 e. The van der Waals surface area contributed by atoms with Gasteiger partial charge in [0.2, 0.25) is 5.91 Å². The number of hydrogen-bond acceptors (Lipinski definition) is 7. The minimum Gasteiger partial charge on any atom is -0.456 e. The molecule has 35 heavy (non-hydrogen) atoms. The molecule has 178 valence electrons. The maximum Gasteiger partial charge on any atom is 0.294 e. The number of carbonyl (C=O) groups excluding carboxylic acids is 3. The summed E-state index contributed by atoms with van der Waals surface area (Å²) in [6, 6.07) is 11.3. The second-order valence-corrected chi connectivity index (χ2v) is 8.73. The van der Waals surface area contributed by atoms with Crippen molar-refractivity contribution in [3.8, 4) is 11.3 Å². The van der Waals surface area contributed by atoms with Crippen molar-refractivity contribution in [1.82, 2.24) is 4.90 Å². The number of aryl methyl sites for hydroxylation is 2. The molecule has 0 bridgehead atoms. The standard InChI is InChI=1S/C24H18FN3O6S/c1-13-9-18(19(28(32)33)10-14(13)2)20-8-7-17(34-20)11-21-23(30)27(24(31)35-21)12-22(29)26-16-5-3-15(25)4-6-16/h3-11H,12H2,1-2H3,(H,26,29)/b21-11-. The van der Waals surface area contributed by atoms with Gasteiger partial charge < -0.3 is 9.73 Å². The molecule has 0 atom stereocenters. The van der Waals surface area contributed by atoms with Crippen molar-refractivity contribution in [2.75, 3.05) is 11.9 Å². The summed E-state index contributed by atoms with van der Waals surface area (Å²) >= 11 is 0.645. The van der Waals surface area contributed by atoms with Crippen LogP contribution >= 0.6 is 11.8 Å². The van der Waals surface area contributed by atoms with Crippen molar-refractivity contribution < 1.29 is 28.1 Å². The SMILES string of the molecule is Cc1cc(-c2ccc(/C=C3\SC(=O)N(CC(=O)Nc4ccc(F)cc4)C3=O)o2)c([N+](=O)[O-])cc1C. The van der Waals surface area contributed by atoms with E-state index in [1.807, 2.05) is 6.92 Å². The molecule has 4 rings (SSSR count). The number of furan rings is 1. The van der Waals surface area contributed by atoms with Crippen LogP contribution in [0.1, 0.15) is 16.9 Å². The molecule has 1 N–H and O–H groups in total. The molecule has 3 aromatic rings. The van der Waals surface area contributed by atoms with E-state index in [9.17, 15) is 28.9 Å². The van der Waals surface area contributed by atoms with Crippen LogP contribution in [0, 0.1) is 29.8 Å². The van der Waals surface area contributed by atoms with Gasteiger partial charge in [0.1, 0.15) is 23.9 Å². The fourth-order valence-corrected chi connectivity index (χ4v) is 4.19. The summed E-state index contributed by atoms with van der Waals surface area (Å²) in [4.78, 5) is 49.1. The van der Waals surface area contributed by atoms with Crippen LogP contribution in [0.15, 0.2) is 57.9 Å². The molecule has 0 unspecified atom stereocenters. The number of amides is 3. The molecule has 2 aromatic carbocycles. The number of imide groups is 1. The van der Waals surface area contributed by atoms with Crippen molar-refractivity contribution >= 4 is 46.3 Å². The summed E-state index contributed by atoms with van der Waals surface area (Å²) in [6.07, 6.45) is 1.35. The molecule has 1 fully saturated rings. The van der Waals surface area contributed by atoms with E-state index in [0.717, 1.165) is 16.0 Å². The van der Waals surface area contributed by atoms with Gasteiger partial charge in [-0.15, -0.1) is 0 Å². The highest BCUT2D eigenvalue weighted by molar-refractivity contribution is 8.18. The monoisotopic (exact) mass is 495 g/mol. The molecule has 3 amide bonds. The first kappa shape index (κ1) is 23.9. The Labute approximate surface area is 202 Å². The van der Waals surface area contributed by atoms with Gasteiger partial charge in [-0.3, -0.25) is 29.4 Å². The molecule has 1 aliphatic rings. The number of nitro groups is 1. The molecule has 0 spiro atoms. The maximum absolute atomic E-state index is 13.0. The average molecular weight is 495 g/mol. The van der Waals surface area contributed by atoms with Gasteiger partial charge in [-0.1, -0.05) is 0 Å². The van der Waals surface area contributed by atoms with Crippen LogP contribution in [-0.2, 0) is 9.59 Å². The highest BCUT2D eigenvalue weighted by Gasteiger charge is 2.36. The Morgan fingerprint density at radius 1 is 1.14 bits per heavy atom. The van der Waals surface area contributed by atoms with Crippen LogP contribution in [-0.4, -0.2) is 33.4 Å². The molecule has 11 heteroatoms. The topological polar surface area (TPSA) is 123 Å². The lowest BCUT2D eigenvalue weighted by Gasteiger charge is -2.12. The number of hydrogen-bond donors (Lipinski definition) is 1. The van der Waals surface area contributed by atoms with Gasteiger partial charge in [-0.2, -0.15) is 0 Å². The molecule has 9 nitrogen and oxygen atoms in total. The van der Waals surface area contributed by atoms with Gasteiger partial charge in [0, 0.05) is 17.8 Å². The Morgan fingerprint density at radius 2 is 1.83 bits per heavy atom. The zero-order valence-electron chi connectivity index (χ0n) is 18.5. The zero-order valence-corrected chi connectivity index (χ0v) is 19.3. The van der Waals surface area contributed by atoms with Gasteiger partial charge in [0.15, 0.2) is 0 Å².